The van der Waals surface area contributed by atoms with Crippen LogP contribution in [-0.2, 0) is 15.3 Å². The highest BCUT2D eigenvalue weighted by Gasteiger charge is 2.44. The van der Waals surface area contributed by atoms with Gasteiger partial charge < -0.3 is 24.3 Å². The summed E-state index contributed by atoms with van der Waals surface area (Å²) < 4.78 is 22.5. The lowest BCUT2D eigenvalue weighted by Gasteiger charge is -2.40. The summed E-state index contributed by atoms with van der Waals surface area (Å²) in [6.07, 6.45) is 5.03. The molecule has 116 valence electrons. The van der Waals surface area contributed by atoms with E-state index in [-0.39, 0.29) is 6.04 Å². The van der Waals surface area contributed by atoms with Crippen LogP contribution in [0.1, 0.15) is 12.0 Å². The van der Waals surface area contributed by atoms with Gasteiger partial charge in [0, 0.05) is 20.8 Å². The second-order valence-electron chi connectivity index (χ2n) is 4.78. The molecule has 1 aromatic rings. The van der Waals surface area contributed by atoms with Crippen molar-refractivity contribution in [2.24, 2.45) is 0 Å². The van der Waals surface area contributed by atoms with Crippen LogP contribution in [0, 0.1) is 0 Å². The molecule has 1 heterocycles. The fraction of sp³-hybridized carbons (Fsp3) is 0.500. The largest absolute Gasteiger partial charge is 0.493 e. The maximum Gasteiger partial charge on any atom is 0.214 e. The van der Waals surface area contributed by atoms with Crippen LogP contribution < -0.4 is 14.8 Å². The summed E-state index contributed by atoms with van der Waals surface area (Å²) in [5.74, 6) is 0.338. The van der Waals surface area contributed by atoms with Crippen LogP contribution in [0.25, 0.3) is 0 Å². The van der Waals surface area contributed by atoms with Gasteiger partial charge >= 0.3 is 0 Å². The van der Waals surface area contributed by atoms with Crippen LogP contribution >= 0.6 is 0 Å². The predicted molar refractivity (Wildman–Crippen MR) is 80.8 cm³/mol. The van der Waals surface area contributed by atoms with Gasteiger partial charge in [-0.25, -0.2) is 0 Å². The second-order valence-corrected chi connectivity index (χ2v) is 4.78. The quantitative estimate of drug-likeness (QED) is 0.643. The fourth-order valence-electron chi connectivity index (χ4n) is 2.84. The van der Waals surface area contributed by atoms with Crippen molar-refractivity contribution in [1.82, 2.24) is 5.32 Å². The average molecular weight is 293 g/mol. The molecule has 0 fully saturated rings. The van der Waals surface area contributed by atoms with Crippen molar-refractivity contribution >= 4 is 0 Å². The monoisotopic (exact) mass is 293 g/mol. The molecule has 0 aliphatic carbocycles. The van der Waals surface area contributed by atoms with Crippen molar-refractivity contribution in [3.8, 4) is 11.5 Å². The highest BCUT2D eigenvalue weighted by molar-refractivity contribution is 5.49. The van der Waals surface area contributed by atoms with Crippen LogP contribution in [0.3, 0.4) is 0 Å². The Balaban J connectivity index is 2.54. The molecule has 1 atom stereocenters. The van der Waals surface area contributed by atoms with Gasteiger partial charge in [-0.05, 0) is 18.6 Å². The molecule has 0 amide bonds. The molecular weight excluding hydrogens is 270 g/mol. The van der Waals surface area contributed by atoms with Crippen molar-refractivity contribution in [2.45, 2.75) is 18.2 Å². The van der Waals surface area contributed by atoms with Crippen molar-refractivity contribution in [1.29, 1.82) is 0 Å². The normalized spacial score (nSPS) is 18.6. The van der Waals surface area contributed by atoms with Gasteiger partial charge in [0.2, 0.25) is 5.79 Å². The van der Waals surface area contributed by atoms with E-state index >= 15 is 0 Å². The lowest BCUT2D eigenvalue weighted by Crippen LogP contribution is -2.52. The molecule has 5 nitrogen and oxygen atoms in total. The molecule has 0 saturated heterocycles. The van der Waals surface area contributed by atoms with Crippen LogP contribution in [0.15, 0.2) is 30.4 Å². The molecule has 1 N–H and O–H groups in total. The molecule has 21 heavy (non-hydrogen) atoms. The topological polar surface area (TPSA) is 49.0 Å². The minimum atomic E-state index is -0.940. The van der Waals surface area contributed by atoms with E-state index in [9.17, 15) is 0 Å². The van der Waals surface area contributed by atoms with Gasteiger partial charge in [-0.1, -0.05) is 18.2 Å². The van der Waals surface area contributed by atoms with Crippen LogP contribution in [0.5, 0.6) is 11.5 Å². The Morgan fingerprint density at radius 3 is 2.33 bits per heavy atom. The van der Waals surface area contributed by atoms with Gasteiger partial charge in [0.15, 0.2) is 11.5 Å². The Morgan fingerprint density at radius 1 is 1.05 bits per heavy atom. The molecule has 0 radical (unpaired) electrons. The van der Waals surface area contributed by atoms with Gasteiger partial charge in [-0.3, -0.25) is 0 Å². The van der Waals surface area contributed by atoms with Crippen LogP contribution in [-0.4, -0.2) is 41.0 Å². The Labute approximate surface area is 125 Å². The van der Waals surface area contributed by atoms with Gasteiger partial charge in [0.05, 0.1) is 25.8 Å². The summed E-state index contributed by atoms with van der Waals surface area (Å²) in [6.45, 7) is 0.783. The molecule has 1 unspecified atom stereocenters. The Morgan fingerprint density at radius 2 is 1.81 bits per heavy atom. The number of hydrogen-bond acceptors (Lipinski definition) is 5. The molecule has 0 aromatic heterocycles. The molecule has 5 heteroatoms. The van der Waals surface area contributed by atoms with E-state index in [1.165, 1.54) is 0 Å². The van der Waals surface area contributed by atoms with E-state index in [0.717, 1.165) is 18.5 Å². The number of ether oxygens (including phenoxy) is 4. The summed E-state index contributed by atoms with van der Waals surface area (Å²) in [5, 5.41) is 3.42. The summed E-state index contributed by atoms with van der Waals surface area (Å²) in [7, 11) is 6.51. The van der Waals surface area contributed by atoms with E-state index < -0.39 is 5.79 Å². The summed E-state index contributed by atoms with van der Waals surface area (Å²) >= 11 is 0. The zero-order chi connectivity index (χ0) is 15.3. The number of hydrogen-bond donors (Lipinski definition) is 1. The molecular formula is C16H23NO4. The summed E-state index contributed by atoms with van der Waals surface area (Å²) in [5.41, 5.74) is 0.808. The average Bonchev–Trinajstić information content (AvgIpc) is 2.57. The Bertz CT molecular complexity index is 497. The first kappa shape index (κ1) is 15.8. The van der Waals surface area contributed by atoms with E-state index in [1.807, 2.05) is 18.2 Å². The van der Waals surface area contributed by atoms with Crippen molar-refractivity contribution < 1.29 is 18.9 Å². The minimum Gasteiger partial charge on any atom is -0.493 e. The third kappa shape index (κ3) is 2.77. The van der Waals surface area contributed by atoms with E-state index in [4.69, 9.17) is 18.9 Å². The number of methoxy groups -OCH3 is 4. The standard InChI is InChI=1S/C16H23NO4/c1-18-13-9-7-8-12(15(13)19-2)16(20-3,21-4)14-10-5-6-11-17-14/h5-9,14,17H,10-11H2,1-4H3. The zero-order valence-corrected chi connectivity index (χ0v) is 13.0. The number of rotatable bonds is 6. The van der Waals surface area contributed by atoms with Gasteiger partial charge in [-0.2, -0.15) is 0 Å². The van der Waals surface area contributed by atoms with Crippen LogP contribution in [0.2, 0.25) is 0 Å². The van der Waals surface area contributed by atoms with Crippen LogP contribution in [0.4, 0.5) is 0 Å². The third-order valence-corrected chi connectivity index (χ3v) is 3.86. The van der Waals surface area contributed by atoms with Gasteiger partial charge in [0.25, 0.3) is 0 Å². The molecule has 1 aliphatic rings. The SMILES string of the molecule is COc1cccc(C(OC)(OC)C2CC=CCN2)c1OC. The molecule has 1 aliphatic heterocycles. The number of para-hydroxylation sites is 1. The fourth-order valence-corrected chi connectivity index (χ4v) is 2.84. The molecule has 0 saturated carbocycles. The second kappa shape index (κ2) is 6.93. The number of benzene rings is 1. The highest BCUT2D eigenvalue weighted by atomic mass is 16.7. The minimum absolute atomic E-state index is 0.0153. The zero-order valence-electron chi connectivity index (χ0n) is 13.0. The maximum absolute atomic E-state index is 5.80. The van der Waals surface area contributed by atoms with Gasteiger partial charge in [0.1, 0.15) is 0 Å². The third-order valence-electron chi connectivity index (χ3n) is 3.86. The predicted octanol–water partition coefficient (Wildman–Crippen LogP) is 2.07. The van der Waals surface area contributed by atoms with E-state index in [2.05, 4.69) is 17.5 Å². The molecule has 2 rings (SSSR count). The Hall–Kier alpha value is -1.56. The molecule has 0 bridgehead atoms. The van der Waals surface area contributed by atoms with Crippen molar-refractivity contribution in [2.75, 3.05) is 35.0 Å². The lowest BCUT2D eigenvalue weighted by molar-refractivity contribution is -0.235. The first-order chi connectivity index (χ1) is 10.2. The smallest absolute Gasteiger partial charge is 0.214 e. The highest BCUT2D eigenvalue weighted by Crippen LogP contribution is 2.42. The summed E-state index contributed by atoms with van der Waals surface area (Å²) in [6, 6.07) is 5.68. The van der Waals surface area contributed by atoms with E-state index in [0.29, 0.717) is 11.5 Å². The van der Waals surface area contributed by atoms with Gasteiger partial charge in [-0.15, -0.1) is 0 Å². The summed E-state index contributed by atoms with van der Waals surface area (Å²) in [4.78, 5) is 0. The van der Waals surface area contributed by atoms with Crippen molar-refractivity contribution in [3.63, 3.8) is 0 Å². The first-order valence-corrected chi connectivity index (χ1v) is 6.93. The Kier molecular flexibility index (Phi) is 5.22. The molecule has 1 aromatic carbocycles. The van der Waals surface area contributed by atoms with Crippen molar-refractivity contribution in [3.05, 3.63) is 35.9 Å². The number of nitrogens with one attached hydrogen (secondary N) is 1. The lowest BCUT2D eigenvalue weighted by atomic mass is 9.92. The maximum atomic E-state index is 5.80. The van der Waals surface area contributed by atoms with E-state index in [1.54, 1.807) is 28.4 Å². The first-order valence-electron chi connectivity index (χ1n) is 6.93. The molecule has 0 spiro atoms.